The number of benzene rings is 1. The normalized spacial score (nSPS) is 11.5. The highest BCUT2D eigenvalue weighted by Gasteiger charge is 2.17. The molecule has 0 amide bonds. The Labute approximate surface area is 186 Å². The molecule has 0 bridgehead atoms. The number of likely N-dealkylation sites (N-methyl/N-ethyl adjacent to an activating group) is 1. The molecule has 0 aliphatic heterocycles. The Hall–Kier alpha value is -3.84. The maximum atomic E-state index is 4.97. The van der Waals surface area contributed by atoms with Gasteiger partial charge in [0.05, 0.1) is 23.6 Å². The van der Waals surface area contributed by atoms with E-state index in [-0.39, 0.29) is 0 Å². The molecule has 1 aromatic carbocycles. The lowest BCUT2D eigenvalue weighted by atomic mass is 10.1. The fourth-order valence-corrected chi connectivity index (χ4v) is 3.83. The third kappa shape index (κ3) is 4.29. The third-order valence-electron chi connectivity index (χ3n) is 5.49. The van der Waals surface area contributed by atoms with Crippen molar-refractivity contribution in [1.82, 2.24) is 34.4 Å². The Bertz CT molecular complexity index is 1340. The van der Waals surface area contributed by atoms with Crippen LogP contribution in [0.1, 0.15) is 17.1 Å². The van der Waals surface area contributed by atoms with Crippen molar-refractivity contribution in [3.05, 3.63) is 90.3 Å². The molecule has 0 saturated heterocycles. The van der Waals surface area contributed by atoms with Gasteiger partial charge in [-0.2, -0.15) is 5.10 Å². The van der Waals surface area contributed by atoms with Crippen LogP contribution in [0.3, 0.4) is 0 Å². The van der Waals surface area contributed by atoms with E-state index >= 15 is 0 Å². The molecule has 0 spiro atoms. The lowest BCUT2D eigenvalue weighted by Gasteiger charge is -2.15. The van der Waals surface area contributed by atoms with Gasteiger partial charge < -0.3 is 4.98 Å². The van der Waals surface area contributed by atoms with Gasteiger partial charge in [-0.05, 0) is 50.2 Å². The number of pyridine rings is 2. The van der Waals surface area contributed by atoms with Gasteiger partial charge in [0, 0.05) is 24.0 Å². The first-order valence-corrected chi connectivity index (χ1v) is 10.7. The second kappa shape index (κ2) is 8.72. The Balaban J connectivity index is 1.45. The molecule has 0 aliphatic carbocycles. The minimum atomic E-state index is 0.719. The number of fused-ring (bicyclic) bond motifs is 1. The molecule has 1 N–H and O–H groups in total. The predicted molar refractivity (Wildman–Crippen MR) is 125 cm³/mol. The Morgan fingerprint density at radius 2 is 1.84 bits per heavy atom. The van der Waals surface area contributed by atoms with Crippen molar-refractivity contribution in [3.8, 4) is 22.6 Å². The van der Waals surface area contributed by atoms with Gasteiger partial charge in [-0.25, -0.2) is 14.5 Å². The van der Waals surface area contributed by atoms with Gasteiger partial charge in [-0.15, -0.1) is 0 Å². The first kappa shape index (κ1) is 20.1. The fraction of sp³-hybridized carbons (Fsp3) is 0.200. The van der Waals surface area contributed by atoms with Crippen LogP contribution in [-0.4, -0.2) is 48.0 Å². The summed E-state index contributed by atoms with van der Waals surface area (Å²) in [6.45, 7) is 3.67. The van der Waals surface area contributed by atoms with Crippen LogP contribution in [0.2, 0.25) is 0 Å². The summed E-state index contributed by atoms with van der Waals surface area (Å²) in [5.74, 6) is 0.910. The van der Waals surface area contributed by atoms with Gasteiger partial charge in [-0.3, -0.25) is 9.88 Å². The van der Waals surface area contributed by atoms with E-state index in [9.17, 15) is 0 Å². The summed E-state index contributed by atoms with van der Waals surface area (Å²) in [5.41, 5.74) is 6.74. The van der Waals surface area contributed by atoms with Crippen LogP contribution in [-0.2, 0) is 13.0 Å². The summed E-state index contributed by atoms with van der Waals surface area (Å²) in [6.07, 6.45) is 4.51. The molecule has 4 aromatic heterocycles. The highest BCUT2D eigenvalue weighted by Crippen LogP contribution is 2.29. The third-order valence-corrected chi connectivity index (χ3v) is 5.49. The lowest BCUT2D eigenvalue weighted by Crippen LogP contribution is -2.21. The molecular weight excluding hydrogens is 398 g/mol. The molecule has 5 rings (SSSR count). The molecule has 160 valence electrons. The summed E-state index contributed by atoms with van der Waals surface area (Å²) in [4.78, 5) is 19.8. The largest absolute Gasteiger partial charge is 0.339 e. The van der Waals surface area contributed by atoms with Crippen molar-refractivity contribution in [2.75, 3.05) is 13.6 Å². The van der Waals surface area contributed by atoms with Gasteiger partial charge in [-0.1, -0.05) is 36.4 Å². The monoisotopic (exact) mass is 423 g/mol. The Morgan fingerprint density at radius 1 is 0.969 bits per heavy atom. The molecule has 32 heavy (non-hydrogen) atoms. The van der Waals surface area contributed by atoms with Crippen molar-refractivity contribution in [2.45, 2.75) is 19.9 Å². The van der Waals surface area contributed by atoms with E-state index in [1.807, 2.05) is 43.5 Å². The second-order valence-electron chi connectivity index (χ2n) is 8.03. The zero-order valence-electron chi connectivity index (χ0n) is 18.2. The molecule has 0 radical (unpaired) electrons. The van der Waals surface area contributed by atoms with Crippen LogP contribution < -0.4 is 0 Å². The molecule has 5 aromatic rings. The van der Waals surface area contributed by atoms with E-state index in [1.165, 1.54) is 5.56 Å². The van der Waals surface area contributed by atoms with Crippen LogP contribution in [0.25, 0.3) is 28.3 Å². The molecule has 0 aliphatic rings. The lowest BCUT2D eigenvalue weighted by molar-refractivity contribution is 0.323. The number of rotatable bonds is 7. The van der Waals surface area contributed by atoms with Crippen LogP contribution in [0.4, 0.5) is 0 Å². The van der Waals surface area contributed by atoms with Gasteiger partial charge >= 0.3 is 0 Å². The van der Waals surface area contributed by atoms with Crippen LogP contribution >= 0.6 is 0 Å². The first-order chi connectivity index (χ1) is 15.7. The number of imidazole rings is 1. The van der Waals surface area contributed by atoms with E-state index in [0.717, 1.165) is 59.3 Å². The molecule has 0 atom stereocenters. The molecule has 4 heterocycles. The number of H-pyrrole nitrogens is 1. The molecule has 7 nitrogen and oxygen atoms in total. The number of nitrogens with one attached hydrogen (secondary N) is 1. The number of aryl methyl sites for hydroxylation is 1. The average molecular weight is 424 g/mol. The van der Waals surface area contributed by atoms with E-state index in [1.54, 1.807) is 10.8 Å². The van der Waals surface area contributed by atoms with Crippen molar-refractivity contribution in [2.24, 2.45) is 0 Å². The van der Waals surface area contributed by atoms with Gasteiger partial charge in [0.25, 0.3) is 0 Å². The highest BCUT2D eigenvalue weighted by atomic mass is 15.3. The first-order valence-electron chi connectivity index (χ1n) is 10.7. The number of hydrogen-bond donors (Lipinski definition) is 1. The van der Waals surface area contributed by atoms with E-state index < -0.39 is 0 Å². The Kier molecular flexibility index (Phi) is 5.47. The molecule has 0 unspecified atom stereocenters. The summed E-state index contributed by atoms with van der Waals surface area (Å²) in [5, 5.41) is 4.27. The summed E-state index contributed by atoms with van der Waals surface area (Å²) < 4.78 is 1.77. The zero-order chi connectivity index (χ0) is 21.9. The van der Waals surface area contributed by atoms with Gasteiger partial charge in [0.2, 0.25) is 0 Å². The molecule has 0 saturated carbocycles. The minimum Gasteiger partial charge on any atom is -0.339 e. The standard InChI is InChI=1S/C25H25N7/c1-18-7-6-10-21(28-18)25-24(20-11-12-23-26-17-27-32(23)15-20)29-22(30-25)16-31(2)14-13-19-8-4-3-5-9-19/h3-12,15,17H,13-14,16H2,1-2H3,(H,29,30). The maximum absolute atomic E-state index is 4.97. The topological polar surface area (TPSA) is 75.0 Å². The molecule has 0 fully saturated rings. The van der Waals surface area contributed by atoms with E-state index in [0.29, 0.717) is 0 Å². The van der Waals surface area contributed by atoms with Crippen molar-refractivity contribution < 1.29 is 0 Å². The Morgan fingerprint density at radius 3 is 2.69 bits per heavy atom. The minimum absolute atomic E-state index is 0.719. The molecule has 7 heteroatoms. The average Bonchev–Trinajstić information content (AvgIpc) is 3.45. The smallest absolute Gasteiger partial charge is 0.155 e. The van der Waals surface area contributed by atoms with E-state index in [2.05, 4.69) is 57.3 Å². The summed E-state index contributed by atoms with van der Waals surface area (Å²) in [7, 11) is 2.12. The maximum Gasteiger partial charge on any atom is 0.155 e. The van der Waals surface area contributed by atoms with E-state index in [4.69, 9.17) is 9.97 Å². The number of aromatic amines is 1. The number of hydrogen-bond acceptors (Lipinski definition) is 5. The molecular formula is C25H25N7. The van der Waals surface area contributed by atoms with Crippen molar-refractivity contribution in [3.63, 3.8) is 0 Å². The quantitative estimate of drug-likeness (QED) is 0.425. The number of aromatic nitrogens is 6. The van der Waals surface area contributed by atoms with Gasteiger partial charge in [0.1, 0.15) is 12.2 Å². The van der Waals surface area contributed by atoms with Crippen LogP contribution in [0, 0.1) is 6.92 Å². The predicted octanol–water partition coefficient (Wildman–Crippen LogP) is 4.16. The summed E-state index contributed by atoms with van der Waals surface area (Å²) in [6, 6.07) is 20.6. The van der Waals surface area contributed by atoms with Crippen molar-refractivity contribution >= 4 is 5.65 Å². The number of nitrogens with zero attached hydrogens (tertiary/aromatic N) is 6. The fourth-order valence-electron chi connectivity index (χ4n) is 3.83. The van der Waals surface area contributed by atoms with Crippen LogP contribution in [0.15, 0.2) is 73.2 Å². The zero-order valence-corrected chi connectivity index (χ0v) is 18.2. The summed E-state index contributed by atoms with van der Waals surface area (Å²) >= 11 is 0. The van der Waals surface area contributed by atoms with Crippen molar-refractivity contribution in [1.29, 1.82) is 0 Å². The van der Waals surface area contributed by atoms with Crippen LogP contribution in [0.5, 0.6) is 0 Å². The van der Waals surface area contributed by atoms with Gasteiger partial charge in [0.15, 0.2) is 5.65 Å². The second-order valence-corrected chi connectivity index (χ2v) is 8.03. The SMILES string of the molecule is Cc1cccc(-c2[nH]c(CN(C)CCc3ccccc3)nc2-c2ccc3ncnn3c2)n1. The highest BCUT2D eigenvalue weighted by molar-refractivity contribution is 5.77.